The molecule has 1 rings (SSSR count). The number of rotatable bonds is 2. The number of carbonyl (C=O) groups is 1. The number of para-hydroxylation sites is 1. The monoisotopic (exact) mass is 233 g/mol. The van der Waals surface area contributed by atoms with Gasteiger partial charge < -0.3 is 10.4 Å². The SMILES string of the molecule is C[C@@](O)(C(=O)Nc1ccccc1)C(F)(F)F. The molecule has 6 heteroatoms. The van der Waals surface area contributed by atoms with Crippen LogP contribution < -0.4 is 5.32 Å². The van der Waals surface area contributed by atoms with Gasteiger partial charge in [-0.15, -0.1) is 0 Å². The van der Waals surface area contributed by atoms with Gasteiger partial charge in [-0.05, 0) is 19.1 Å². The van der Waals surface area contributed by atoms with Crippen molar-refractivity contribution in [1.29, 1.82) is 0 Å². The molecule has 0 heterocycles. The number of amides is 1. The first-order chi connectivity index (χ1) is 7.25. The molecule has 16 heavy (non-hydrogen) atoms. The first-order valence-electron chi connectivity index (χ1n) is 4.41. The third-order valence-corrected chi connectivity index (χ3v) is 2.03. The lowest BCUT2D eigenvalue weighted by Gasteiger charge is -2.24. The number of anilines is 1. The summed E-state index contributed by atoms with van der Waals surface area (Å²) in [6, 6.07) is 7.60. The molecular weight excluding hydrogens is 223 g/mol. The number of hydrogen-bond donors (Lipinski definition) is 2. The minimum Gasteiger partial charge on any atom is -0.373 e. The molecule has 0 aliphatic rings. The minimum absolute atomic E-state index is 0.192. The van der Waals surface area contributed by atoms with Gasteiger partial charge in [-0.2, -0.15) is 13.2 Å². The van der Waals surface area contributed by atoms with Crippen LogP contribution in [0.25, 0.3) is 0 Å². The Labute approximate surface area is 89.9 Å². The van der Waals surface area contributed by atoms with E-state index in [4.69, 9.17) is 5.11 Å². The Kier molecular flexibility index (Phi) is 3.23. The second-order valence-electron chi connectivity index (χ2n) is 3.39. The standard InChI is InChI=1S/C10H10F3NO2/c1-9(16,10(11,12)13)8(15)14-7-5-3-2-4-6-7/h2-6,16H,1H3,(H,14,15)/t9-/m1/s1. The van der Waals surface area contributed by atoms with Crippen molar-refractivity contribution in [2.24, 2.45) is 0 Å². The lowest BCUT2D eigenvalue weighted by atomic mass is 10.1. The van der Waals surface area contributed by atoms with E-state index >= 15 is 0 Å². The number of benzene rings is 1. The summed E-state index contributed by atoms with van der Waals surface area (Å²) in [6.45, 7) is 0.408. The first-order valence-corrected chi connectivity index (χ1v) is 4.41. The van der Waals surface area contributed by atoms with Crippen molar-refractivity contribution in [2.75, 3.05) is 5.32 Å². The van der Waals surface area contributed by atoms with E-state index in [1.54, 1.807) is 18.2 Å². The van der Waals surface area contributed by atoms with Gasteiger partial charge in [0.15, 0.2) is 0 Å². The van der Waals surface area contributed by atoms with Crippen LogP contribution in [0.1, 0.15) is 6.92 Å². The summed E-state index contributed by atoms with van der Waals surface area (Å²) >= 11 is 0. The zero-order valence-corrected chi connectivity index (χ0v) is 8.38. The topological polar surface area (TPSA) is 49.3 Å². The molecule has 1 atom stereocenters. The van der Waals surface area contributed by atoms with E-state index in [1.165, 1.54) is 12.1 Å². The Hall–Kier alpha value is -1.56. The zero-order valence-electron chi connectivity index (χ0n) is 8.38. The number of alkyl halides is 3. The highest BCUT2D eigenvalue weighted by Gasteiger charge is 2.55. The molecule has 0 radical (unpaired) electrons. The van der Waals surface area contributed by atoms with E-state index in [1.807, 2.05) is 5.32 Å². The molecule has 2 N–H and O–H groups in total. The van der Waals surface area contributed by atoms with E-state index < -0.39 is 17.7 Å². The first kappa shape index (κ1) is 12.5. The average molecular weight is 233 g/mol. The quantitative estimate of drug-likeness (QED) is 0.820. The molecule has 0 fully saturated rings. The maximum absolute atomic E-state index is 12.3. The van der Waals surface area contributed by atoms with Gasteiger partial charge in [0.2, 0.25) is 5.60 Å². The molecule has 1 aromatic rings. The van der Waals surface area contributed by atoms with E-state index in [9.17, 15) is 18.0 Å². The molecule has 0 saturated heterocycles. The maximum atomic E-state index is 12.3. The molecule has 3 nitrogen and oxygen atoms in total. The Morgan fingerprint density at radius 2 is 1.75 bits per heavy atom. The molecule has 0 aliphatic heterocycles. The van der Waals surface area contributed by atoms with E-state index in [0.717, 1.165) is 0 Å². The summed E-state index contributed by atoms with van der Waals surface area (Å²) < 4.78 is 36.8. The third-order valence-electron chi connectivity index (χ3n) is 2.03. The predicted octanol–water partition coefficient (Wildman–Crippen LogP) is 1.94. The van der Waals surface area contributed by atoms with Gasteiger partial charge in [-0.25, -0.2) is 0 Å². The van der Waals surface area contributed by atoms with Crippen molar-refractivity contribution >= 4 is 11.6 Å². The summed E-state index contributed by atoms with van der Waals surface area (Å²) in [5, 5.41) is 11.0. The Balaban J connectivity index is 2.81. The fraction of sp³-hybridized carbons (Fsp3) is 0.300. The fourth-order valence-corrected chi connectivity index (χ4v) is 0.903. The molecule has 0 aliphatic carbocycles. The number of nitrogens with one attached hydrogen (secondary N) is 1. The molecule has 0 aromatic heterocycles. The molecule has 88 valence electrons. The van der Waals surface area contributed by atoms with Crippen LogP contribution in [0.3, 0.4) is 0 Å². The summed E-state index contributed by atoms with van der Waals surface area (Å²) in [7, 11) is 0. The second kappa shape index (κ2) is 4.13. The van der Waals surface area contributed by atoms with Gasteiger partial charge in [-0.3, -0.25) is 4.79 Å². The van der Waals surface area contributed by atoms with E-state index in [2.05, 4.69) is 0 Å². The van der Waals surface area contributed by atoms with Gasteiger partial charge in [0, 0.05) is 5.69 Å². The number of halogens is 3. The predicted molar refractivity (Wildman–Crippen MR) is 51.8 cm³/mol. The van der Waals surface area contributed by atoms with E-state index in [0.29, 0.717) is 6.92 Å². The van der Waals surface area contributed by atoms with Crippen LogP contribution in [0, 0.1) is 0 Å². The molecule has 1 amide bonds. The van der Waals surface area contributed by atoms with Gasteiger partial charge in [-0.1, -0.05) is 18.2 Å². The third kappa shape index (κ3) is 2.52. The smallest absolute Gasteiger partial charge is 0.373 e. The normalized spacial score (nSPS) is 15.3. The summed E-state index contributed by atoms with van der Waals surface area (Å²) in [5.74, 6) is -1.51. The Morgan fingerprint density at radius 3 is 2.19 bits per heavy atom. The highest BCUT2D eigenvalue weighted by Crippen LogP contribution is 2.30. The lowest BCUT2D eigenvalue weighted by Crippen LogP contribution is -2.52. The maximum Gasteiger partial charge on any atom is 0.426 e. The van der Waals surface area contributed by atoms with Crippen molar-refractivity contribution in [1.82, 2.24) is 0 Å². The Bertz CT molecular complexity index is 373. The number of aliphatic hydroxyl groups is 1. The number of carbonyl (C=O) groups excluding carboxylic acids is 1. The summed E-state index contributed by atoms with van der Waals surface area (Å²) in [4.78, 5) is 11.2. The highest BCUT2D eigenvalue weighted by molar-refractivity contribution is 5.97. The molecular formula is C10H10F3NO2. The van der Waals surface area contributed by atoms with E-state index in [-0.39, 0.29) is 5.69 Å². The van der Waals surface area contributed by atoms with Crippen LogP contribution in [0.2, 0.25) is 0 Å². The van der Waals surface area contributed by atoms with Crippen molar-refractivity contribution < 1.29 is 23.1 Å². The Morgan fingerprint density at radius 1 is 1.25 bits per heavy atom. The summed E-state index contributed by atoms with van der Waals surface area (Å²) in [5.41, 5.74) is -3.21. The van der Waals surface area contributed by atoms with Crippen LogP contribution in [-0.2, 0) is 4.79 Å². The van der Waals surface area contributed by atoms with Crippen LogP contribution in [0.4, 0.5) is 18.9 Å². The second-order valence-corrected chi connectivity index (χ2v) is 3.39. The van der Waals surface area contributed by atoms with Crippen molar-refractivity contribution in [3.63, 3.8) is 0 Å². The largest absolute Gasteiger partial charge is 0.426 e. The van der Waals surface area contributed by atoms with Crippen LogP contribution in [-0.4, -0.2) is 22.8 Å². The number of hydrogen-bond acceptors (Lipinski definition) is 2. The van der Waals surface area contributed by atoms with Gasteiger partial charge in [0.25, 0.3) is 5.91 Å². The van der Waals surface area contributed by atoms with Crippen molar-refractivity contribution in [3.05, 3.63) is 30.3 Å². The van der Waals surface area contributed by atoms with Crippen LogP contribution >= 0.6 is 0 Å². The molecule has 1 aromatic carbocycles. The minimum atomic E-state index is -5.01. The molecule has 0 bridgehead atoms. The van der Waals surface area contributed by atoms with Gasteiger partial charge >= 0.3 is 6.18 Å². The molecule has 0 unspecified atom stereocenters. The zero-order chi connectivity index (χ0) is 12.4. The highest BCUT2D eigenvalue weighted by atomic mass is 19.4. The van der Waals surface area contributed by atoms with Crippen LogP contribution in [0.5, 0.6) is 0 Å². The summed E-state index contributed by atoms with van der Waals surface area (Å²) in [6.07, 6.45) is -5.01. The average Bonchev–Trinajstić information content (AvgIpc) is 2.17. The van der Waals surface area contributed by atoms with Crippen molar-refractivity contribution in [2.45, 2.75) is 18.7 Å². The fourth-order valence-electron chi connectivity index (χ4n) is 0.903. The van der Waals surface area contributed by atoms with Gasteiger partial charge in [0.05, 0.1) is 0 Å². The lowest BCUT2D eigenvalue weighted by molar-refractivity contribution is -0.242. The van der Waals surface area contributed by atoms with Gasteiger partial charge in [0.1, 0.15) is 0 Å². The van der Waals surface area contributed by atoms with Crippen LogP contribution in [0.15, 0.2) is 30.3 Å². The molecule has 0 saturated carbocycles. The molecule has 0 spiro atoms. The van der Waals surface area contributed by atoms with Crippen molar-refractivity contribution in [3.8, 4) is 0 Å².